The zero-order valence-corrected chi connectivity index (χ0v) is 19.1. The number of hydrogen-bond donors (Lipinski definition) is 2. The molecule has 7 heteroatoms. The highest BCUT2D eigenvalue weighted by Gasteiger charge is 2.36. The lowest BCUT2D eigenvalue weighted by molar-refractivity contribution is -0.127. The maximum Gasteiger partial charge on any atom is 0.251 e. The number of nitrogens with one attached hydrogen (secondary N) is 2. The Morgan fingerprint density at radius 3 is 2.42 bits per heavy atom. The fourth-order valence-electron chi connectivity index (χ4n) is 4.37. The first-order valence-corrected chi connectivity index (χ1v) is 11.0. The van der Waals surface area contributed by atoms with Gasteiger partial charge in [-0.25, -0.2) is 0 Å². The summed E-state index contributed by atoms with van der Waals surface area (Å²) >= 11 is 0. The Morgan fingerprint density at radius 2 is 1.70 bits per heavy atom. The average molecular weight is 445 g/mol. The Morgan fingerprint density at radius 1 is 1.00 bits per heavy atom. The highest BCUT2D eigenvalue weighted by molar-refractivity contribution is 6.08. The lowest BCUT2D eigenvalue weighted by Crippen LogP contribution is -2.53. The maximum atomic E-state index is 13.8. The molecule has 1 aliphatic heterocycles. The van der Waals surface area contributed by atoms with Crippen molar-refractivity contribution in [3.05, 3.63) is 71.8 Å². The van der Waals surface area contributed by atoms with E-state index >= 15 is 0 Å². The van der Waals surface area contributed by atoms with Crippen LogP contribution < -0.4 is 20.4 Å². The van der Waals surface area contributed by atoms with Gasteiger partial charge in [-0.15, -0.1) is 0 Å². The molecule has 0 spiro atoms. The van der Waals surface area contributed by atoms with E-state index in [0.717, 1.165) is 21.9 Å². The largest absolute Gasteiger partial charge is 0.342 e. The zero-order chi connectivity index (χ0) is 23.5. The number of rotatable bonds is 5. The normalized spacial score (nSPS) is 15.8. The van der Waals surface area contributed by atoms with E-state index in [2.05, 4.69) is 34.9 Å². The second-order valence-corrected chi connectivity index (χ2v) is 8.28. The number of hydrogen-bond acceptors (Lipinski definition) is 4. The van der Waals surface area contributed by atoms with Crippen molar-refractivity contribution >= 4 is 39.9 Å². The highest BCUT2D eigenvalue weighted by atomic mass is 16.2. The van der Waals surface area contributed by atoms with Crippen LogP contribution in [0.4, 0.5) is 11.4 Å². The van der Waals surface area contributed by atoms with Gasteiger partial charge in [-0.3, -0.25) is 14.4 Å². The molecule has 0 aromatic heterocycles. The second-order valence-electron chi connectivity index (χ2n) is 8.28. The van der Waals surface area contributed by atoms with Gasteiger partial charge in [0.05, 0.1) is 31.0 Å². The molecule has 3 amide bonds. The number of anilines is 2. The van der Waals surface area contributed by atoms with Crippen LogP contribution in [0, 0.1) is 6.92 Å². The minimum Gasteiger partial charge on any atom is -0.342 e. The number of nitrogens with zero attached hydrogens (tertiary/aromatic N) is 2. The van der Waals surface area contributed by atoms with E-state index in [4.69, 9.17) is 0 Å². The van der Waals surface area contributed by atoms with Gasteiger partial charge in [0.15, 0.2) is 0 Å². The van der Waals surface area contributed by atoms with E-state index < -0.39 is 6.04 Å². The molecule has 2 N–H and O–H groups in total. The first-order chi connectivity index (χ1) is 15.9. The third-order valence-electron chi connectivity index (χ3n) is 6.04. The van der Waals surface area contributed by atoms with Gasteiger partial charge >= 0.3 is 0 Å². The molecule has 3 aromatic rings. The number of benzene rings is 3. The molecule has 0 bridgehead atoms. The first-order valence-electron chi connectivity index (χ1n) is 11.0. The molecule has 1 atom stereocenters. The van der Waals surface area contributed by atoms with E-state index in [0.29, 0.717) is 17.9 Å². The molecule has 3 aromatic carbocycles. The van der Waals surface area contributed by atoms with Gasteiger partial charge in [0, 0.05) is 6.92 Å². The molecular weight excluding hydrogens is 416 g/mol. The maximum absolute atomic E-state index is 13.8. The van der Waals surface area contributed by atoms with E-state index in [9.17, 15) is 14.4 Å². The van der Waals surface area contributed by atoms with Crippen LogP contribution >= 0.6 is 0 Å². The zero-order valence-electron chi connectivity index (χ0n) is 19.1. The summed E-state index contributed by atoms with van der Waals surface area (Å²) in [4.78, 5) is 42.0. The van der Waals surface area contributed by atoms with Gasteiger partial charge in [-0.1, -0.05) is 48.5 Å². The van der Waals surface area contributed by atoms with Crippen molar-refractivity contribution in [3.63, 3.8) is 0 Å². The number of likely N-dealkylation sites (N-methyl/N-ethyl adjacent to an activating group) is 1. The molecule has 7 nitrogen and oxygen atoms in total. The van der Waals surface area contributed by atoms with Crippen LogP contribution in [0.25, 0.3) is 10.8 Å². The molecule has 0 saturated carbocycles. The molecule has 0 saturated heterocycles. The third kappa shape index (κ3) is 4.45. The Labute approximate surface area is 193 Å². The van der Waals surface area contributed by atoms with Crippen LogP contribution in [-0.2, 0) is 20.9 Å². The van der Waals surface area contributed by atoms with Gasteiger partial charge < -0.3 is 20.4 Å². The van der Waals surface area contributed by atoms with Gasteiger partial charge in [0.25, 0.3) is 5.91 Å². The van der Waals surface area contributed by atoms with Gasteiger partial charge in [-0.2, -0.15) is 0 Å². The minimum atomic E-state index is -0.863. The molecule has 0 unspecified atom stereocenters. The van der Waals surface area contributed by atoms with E-state index in [1.54, 1.807) is 16.8 Å². The molecule has 170 valence electrons. The van der Waals surface area contributed by atoms with Crippen LogP contribution in [0.2, 0.25) is 0 Å². The van der Waals surface area contributed by atoms with Gasteiger partial charge in [0.2, 0.25) is 11.8 Å². The van der Waals surface area contributed by atoms with Crippen molar-refractivity contribution in [2.24, 2.45) is 0 Å². The summed E-state index contributed by atoms with van der Waals surface area (Å²) in [6, 6.07) is 18.7. The van der Waals surface area contributed by atoms with Crippen molar-refractivity contribution in [3.8, 4) is 0 Å². The predicted octanol–water partition coefficient (Wildman–Crippen LogP) is 2.75. The number of carbonyl (C=O) groups is 3. The summed E-state index contributed by atoms with van der Waals surface area (Å²) in [5.74, 6) is -0.735. The second kappa shape index (κ2) is 9.42. The van der Waals surface area contributed by atoms with E-state index in [-0.39, 0.29) is 30.8 Å². The standard InChI is InChI=1S/C26H28N4O3/c1-17-12-13-19-8-4-5-9-20(19)21(17)15-30-24-11-7-6-10-23(24)29(18(2)31)16-22(26(30)33)28-25(32)14-27-3/h4-13,22,27H,14-16H2,1-3H3,(H,28,32)/t22-/m0/s1. The predicted molar refractivity (Wildman–Crippen MR) is 130 cm³/mol. The van der Waals surface area contributed by atoms with Crippen LogP contribution in [-0.4, -0.2) is 43.9 Å². The summed E-state index contributed by atoms with van der Waals surface area (Å²) in [7, 11) is 1.67. The summed E-state index contributed by atoms with van der Waals surface area (Å²) in [5, 5.41) is 7.78. The number of carbonyl (C=O) groups excluding carboxylic acids is 3. The number of aryl methyl sites for hydroxylation is 1. The Balaban J connectivity index is 1.83. The molecule has 33 heavy (non-hydrogen) atoms. The summed E-state index contributed by atoms with van der Waals surface area (Å²) in [5.41, 5.74) is 3.41. The fraction of sp³-hybridized carbons (Fsp3) is 0.269. The van der Waals surface area contributed by atoms with Crippen molar-refractivity contribution in [1.82, 2.24) is 10.6 Å². The molecule has 4 rings (SSSR count). The smallest absolute Gasteiger partial charge is 0.251 e. The van der Waals surface area contributed by atoms with Gasteiger partial charge in [0.1, 0.15) is 6.04 Å². The van der Waals surface area contributed by atoms with Crippen LogP contribution in [0.5, 0.6) is 0 Å². The van der Waals surface area contributed by atoms with Crippen molar-refractivity contribution < 1.29 is 14.4 Å². The Kier molecular flexibility index (Phi) is 6.42. The first kappa shape index (κ1) is 22.5. The van der Waals surface area contributed by atoms with Gasteiger partial charge in [-0.05, 0) is 48.0 Å². The Hall–Kier alpha value is -3.71. The summed E-state index contributed by atoms with van der Waals surface area (Å²) in [6.07, 6.45) is 0. The molecule has 1 aliphatic rings. The fourth-order valence-corrected chi connectivity index (χ4v) is 4.37. The number of para-hydroxylation sites is 2. The van der Waals surface area contributed by atoms with Crippen molar-refractivity contribution in [2.45, 2.75) is 26.4 Å². The topological polar surface area (TPSA) is 81.8 Å². The van der Waals surface area contributed by atoms with Crippen molar-refractivity contribution in [2.75, 3.05) is 29.9 Å². The summed E-state index contributed by atoms with van der Waals surface area (Å²) < 4.78 is 0. The van der Waals surface area contributed by atoms with Crippen LogP contribution in [0.3, 0.4) is 0 Å². The molecule has 0 fully saturated rings. The molecule has 0 radical (unpaired) electrons. The van der Waals surface area contributed by atoms with Crippen LogP contribution in [0.15, 0.2) is 60.7 Å². The molecular formula is C26H28N4O3. The number of fused-ring (bicyclic) bond motifs is 2. The molecule has 0 aliphatic carbocycles. The lowest BCUT2D eigenvalue weighted by Gasteiger charge is -2.27. The van der Waals surface area contributed by atoms with Crippen molar-refractivity contribution in [1.29, 1.82) is 0 Å². The Bertz CT molecular complexity index is 1220. The van der Waals surface area contributed by atoms with Crippen LogP contribution in [0.1, 0.15) is 18.1 Å². The monoisotopic (exact) mass is 444 g/mol. The molecule has 1 heterocycles. The van der Waals surface area contributed by atoms with E-state index in [1.165, 1.54) is 6.92 Å². The number of amides is 3. The highest BCUT2D eigenvalue weighted by Crippen LogP contribution is 2.35. The SMILES string of the molecule is CNCC(=O)N[C@H]1CN(C(C)=O)c2ccccc2N(Cc2c(C)ccc3ccccc23)C1=O. The quantitative estimate of drug-likeness (QED) is 0.634. The minimum absolute atomic E-state index is 0.0751. The summed E-state index contributed by atoms with van der Waals surface area (Å²) in [6.45, 7) is 3.99. The third-order valence-corrected chi connectivity index (χ3v) is 6.04. The lowest BCUT2D eigenvalue weighted by atomic mass is 9.99. The van der Waals surface area contributed by atoms with E-state index in [1.807, 2.05) is 43.3 Å². The average Bonchev–Trinajstić information content (AvgIpc) is 2.91.